The normalized spacial score (nSPS) is 30.0. The van der Waals surface area contributed by atoms with Gasteiger partial charge in [-0.25, -0.2) is 0 Å². The molecule has 1 aliphatic rings. The van der Waals surface area contributed by atoms with Crippen molar-refractivity contribution in [3.8, 4) is 0 Å². The summed E-state index contributed by atoms with van der Waals surface area (Å²) >= 11 is 0. The van der Waals surface area contributed by atoms with Crippen molar-refractivity contribution in [2.45, 2.75) is 33.0 Å². The van der Waals surface area contributed by atoms with Crippen LogP contribution in [0, 0.1) is 5.92 Å². The second-order valence-electron chi connectivity index (χ2n) is 3.73. The summed E-state index contributed by atoms with van der Waals surface area (Å²) in [6, 6.07) is 0. The Bertz CT molecular complexity index is 216. The third-order valence-electron chi connectivity index (χ3n) is 2.40. The molecule has 2 nitrogen and oxygen atoms in total. The van der Waals surface area contributed by atoms with Crippen molar-refractivity contribution >= 4 is 0 Å². The molecule has 0 radical (unpaired) electrons. The predicted octanol–water partition coefficient (Wildman–Crippen LogP) is 1.90. The maximum absolute atomic E-state index is 9.07. The lowest BCUT2D eigenvalue weighted by atomic mass is 9.92. The molecule has 74 valence electrons. The van der Waals surface area contributed by atoms with Gasteiger partial charge in [-0.3, -0.25) is 0 Å². The molecule has 13 heavy (non-hydrogen) atoms. The number of hydrogen-bond acceptors (Lipinski definition) is 2. The lowest BCUT2D eigenvalue weighted by molar-refractivity contribution is 0.00195. The lowest BCUT2D eigenvalue weighted by Gasteiger charge is -2.25. The topological polar surface area (TPSA) is 29.5 Å². The average Bonchev–Trinajstić information content (AvgIpc) is 2.07. The summed E-state index contributed by atoms with van der Waals surface area (Å²) in [5.41, 5.74) is 1.33. The minimum Gasteiger partial charge on any atom is -0.391 e. The Labute approximate surface area is 79.9 Å². The molecule has 0 saturated heterocycles. The standard InChI is InChI=1S/C11H18O2/c1-8-5-4-6-11(10(8)3)13-7-9(2)12/h4-6,9-12H,7H2,1-3H3/t9-,10?,11?/m1/s1. The van der Waals surface area contributed by atoms with Gasteiger partial charge >= 0.3 is 0 Å². The van der Waals surface area contributed by atoms with E-state index in [0.717, 1.165) is 0 Å². The third-order valence-corrected chi connectivity index (χ3v) is 2.40. The van der Waals surface area contributed by atoms with E-state index in [0.29, 0.717) is 12.5 Å². The first-order valence-electron chi connectivity index (χ1n) is 4.76. The van der Waals surface area contributed by atoms with E-state index in [1.807, 2.05) is 12.2 Å². The molecule has 0 aromatic rings. The molecule has 1 aliphatic carbocycles. The quantitative estimate of drug-likeness (QED) is 0.722. The zero-order chi connectivity index (χ0) is 9.84. The number of aliphatic hydroxyl groups excluding tert-OH is 1. The van der Waals surface area contributed by atoms with Gasteiger partial charge in [0.2, 0.25) is 0 Å². The van der Waals surface area contributed by atoms with Crippen LogP contribution in [-0.4, -0.2) is 23.9 Å². The van der Waals surface area contributed by atoms with Gasteiger partial charge < -0.3 is 9.84 Å². The number of allylic oxidation sites excluding steroid dienone is 2. The lowest BCUT2D eigenvalue weighted by Crippen LogP contribution is -2.26. The predicted molar refractivity (Wildman–Crippen MR) is 53.5 cm³/mol. The first-order valence-corrected chi connectivity index (χ1v) is 4.76. The van der Waals surface area contributed by atoms with Crippen molar-refractivity contribution < 1.29 is 9.84 Å². The van der Waals surface area contributed by atoms with Gasteiger partial charge in [-0.1, -0.05) is 30.7 Å². The molecule has 2 heteroatoms. The van der Waals surface area contributed by atoms with E-state index in [1.54, 1.807) is 6.92 Å². The Kier molecular flexibility index (Phi) is 3.70. The molecule has 1 N–H and O–H groups in total. The molecule has 0 aliphatic heterocycles. The van der Waals surface area contributed by atoms with Crippen LogP contribution in [0.2, 0.25) is 0 Å². The van der Waals surface area contributed by atoms with Gasteiger partial charge in [0.25, 0.3) is 0 Å². The molecule has 0 amide bonds. The largest absolute Gasteiger partial charge is 0.391 e. The summed E-state index contributed by atoms with van der Waals surface area (Å²) in [6.45, 7) is 6.39. The van der Waals surface area contributed by atoms with Gasteiger partial charge in [0.15, 0.2) is 0 Å². The molecule has 0 fully saturated rings. The van der Waals surface area contributed by atoms with Crippen LogP contribution in [0.4, 0.5) is 0 Å². The molecule has 0 saturated carbocycles. The molecule has 2 unspecified atom stereocenters. The minimum atomic E-state index is -0.383. The van der Waals surface area contributed by atoms with Gasteiger partial charge in [0.05, 0.1) is 18.8 Å². The highest BCUT2D eigenvalue weighted by Gasteiger charge is 2.19. The van der Waals surface area contributed by atoms with Crippen molar-refractivity contribution in [2.75, 3.05) is 6.61 Å². The number of hydrogen-bond donors (Lipinski definition) is 1. The number of rotatable bonds is 3. The summed E-state index contributed by atoms with van der Waals surface area (Å²) in [5.74, 6) is 0.420. The maximum Gasteiger partial charge on any atom is 0.0822 e. The molecule has 0 aromatic carbocycles. The Balaban J connectivity index is 2.44. The highest BCUT2D eigenvalue weighted by Crippen LogP contribution is 2.22. The van der Waals surface area contributed by atoms with E-state index >= 15 is 0 Å². The van der Waals surface area contributed by atoms with E-state index in [4.69, 9.17) is 9.84 Å². The Morgan fingerprint density at radius 1 is 1.62 bits per heavy atom. The highest BCUT2D eigenvalue weighted by molar-refractivity contribution is 5.21. The van der Waals surface area contributed by atoms with Gasteiger partial charge in [-0.15, -0.1) is 0 Å². The van der Waals surface area contributed by atoms with Crippen molar-refractivity contribution in [1.29, 1.82) is 0 Å². The molecular formula is C11H18O2. The van der Waals surface area contributed by atoms with Crippen molar-refractivity contribution in [3.05, 3.63) is 23.8 Å². The van der Waals surface area contributed by atoms with E-state index in [-0.39, 0.29) is 12.2 Å². The van der Waals surface area contributed by atoms with Gasteiger partial charge in [0.1, 0.15) is 0 Å². The molecule has 1 rings (SSSR count). The van der Waals surface area contributed by atoms with Gasteiger partial charge in [0, 0.05) is 5.92 Å². The summed E-state index contributed by atoms with van der Waals surface area (Å²) in [4.78, 5) is 0. The first kappa shape index (κ1) is 10.5. The summed E-state index contributed by atoms with van der Waals surface area (Å²) in [7, 11) is 0. The van der Waals surface area contributed by atoms with Crippen molar-refractivity contribution in [2.24, 2.45) is 5.92 Å². The second-order valence-corrected chi connectivity index (χ2v) is 3.73. The molecule has 0 aromatic heterocycles. The van der Waals surface area contributed by atoms with E-state index < -0.39 is 0 Å². The van der Waals surface area contributed by atoms with E-state index in [2.05, 4.69) is 19.9 Å². The van der Waals surface area contributed by atoms with Crippen LogP contribution in [0.25, 0.3) is 0 Å². The minimum absolute atomic E-state index is 0.125. The molecule has 0 heterocycles. The monoisotopic (exact) mass is 182 g/mol. The van der Waals surface area contributed by atoms with Crippen LogP contribution in [0.3, 0.4) is 0 Å². The van der Waals surface area contributed by atoms with Gasteiger partial charge in [-0.05, 0) is 13.8 Å². The summed E-state index contributed by atoms with van der Waals surface area (Å²) in [5, 5.41) is 9.07. The van der Waals surface area contributed by atoms with Crippen LogP contribution in [0.5, 0.6) is 0 Å². The van der Waals surface area contributed by atoms with Gasteiger partial charge in [-0.2, -0.15) is 0 Å². The SMILES string of the molecule is CC1=CC=CC(OC[C@@H](C)O)C1C. The molecule has 3 atom stereocenters. The number of ether oxygens (including phenoxy) is 1. The van der Waals surface area contributed by atoms with E-state index in [1.165, 1.54) is 5.57 Å². The van der Waals surface area contributed by atoms with Crippen molar-refractivity contribution in [1.82, 2.24) is 0 Å². The number of aliphatic hydroxyl groups is 1. The van der Waals surface area contributed by atoms with E-state index in [9.17, 15) is 0 Å². The fourth-order valence-electron chi connectivity index (χ4n) is 1.34. The zero-order valence-corrected chi connectivity index (χ0v) is 8.53. The fourth-order valence-corrected chi connectivity index (χ4v) is 1.34. The van der Waals surface area contributed by atoms with Crippen LogP contribution in [-0.2, 0) is 4.74 Å². The third kappa shape index (κ3) is 2.98. The zero-order valence-electron chi connectivity index (χ0n) is 8.53. The second kappa shape index (κ2) is 4.58. The van der Waals surface area contributed by atoms with Crippen LogP contribution >= 0.6 is 0 Å². The smallest absolute Gasteiger partial charge is 0.0822 e. The van der Waals surface area contributed by atoms with Crippen LogP contribution in [0.1, 0.15) is 20.8 Å². The summed E-state index contributed by atoms with van der Waals surface area (Å²) in [6.07, 6.45) is 5.90. The molecule has 0 spiro atoms. The van der Waals surface area contributed by atoms with Crippen LogP contribution < -0.4 is 0 Å². The van der Waals surface area contributed by atoms with Crippen molar-refractivity contribution in [3.63, 3.8) is 0 Å². The molecular weight excluding hydrogens is 164 g/mol. The highest BCUT2D eigenvalue weighted by atomic mass is 16.5. The first-order chi connectivity index (χ1) is 6.11. The Morgan fingerprint density at radius 3 is 2.92 bits per heavy atom. The Hall–Kier alpha value is -0.600. The van der Waals surface area contributed by atoms with Crippen LogP contribution in [0.15, 0.2) is 23.8 Å². The summed E-state index contributed by atoms with van der Waals surface area (Å²) < 4.78 is 5.55. The molecule has 0 bridgehead atoms. The fraction of sp³-hybridized carbons (Fsp3) is 0.636. The average molecular weight is 182 g/mol. The Morgan fingerprint density at radius 2 is 2.31 bits per heavy atom. The maximum atomic E-state index is 9.07.